The van der Waals surface area contributed by atoms with E-state index in [1.807, 2.05) is 11.3 Å². The van der Waals surface area contributed by atoms with Crippen LogP contribution in [0.3, 0.4) is 0 Å². The van der Waals surface area contributed by atoms with Crippen LogP contribution >= 0.6 is 11.3 Å². The molecule has 0 spiro atoms. The quantitative estimate of drug-likeness (QED) is 0.879. The fourth-order valence-corrected chi connectivity index (χ4v) is 3.89. The number of rotatable bonds is 5. The number of hydrogen-bond donors (Lipinski definition) is 1. The van der Waals surface area contributed by atoms with E-state index in [9.17, 15) is 0 Å². The van der Waals surface area contributed by atoms with Gasteiger partial charge >= 0.3 is 0 Å². The predicted molar refractivity (Wildman–Crippen MR) is 78.2 cm³/mol. The summed E-state index contributed by atoms with van der Waals surface area (Å²) in [5, 5.41) is 5.90. The minimum Gasteiger partial charge on any atom is -0.314 e. The maximum absolute atomic E-state index is 3.65. The molecule has 0 saturated heterocycles. The van der Waals surface area contributed by atoms with Crippen LogP contribution in [0.25, 0.3) is 0 Å². The first-order valence-electron chi connectivity index (χ1n) is 7.27. The highest BCUT2D eigenvalue weighted by Gasteiger charge is 2.26. The Balaban J connectivity index is 1.53. The maximum Gasteiger partial charge on any atom is 0.0331 e. The van der Waals surface area contributed by atoms with Gasteiger partial charge in [-0.2, -0.15) is 0 Å². The summed E-state index contributed by atoms with van der Waals surface area (Å²) in [4.78, 5) is 4.27. The minimum atomic E-state index is 0.614. The van der Waals surface area contributed by atoms with Crippen molar-refractivity contribution >= 4 is 11.3 Å². The van der Waals surface area contributed by atoms with Gasteiger partial charge in [0, 0.05) is 30.1 Å². The zero-order valence-corrected chi connectivity index (χ0v) is 12.3. The summed E-state index contributed by atoms with van der Waals surface area (Å²) in [6, 6.07) is 3.78. The largest absolute Gasteiger partial charge is 0.314 e. The van der Waals surface area contributed by atoms with Crippen LogP contribution in [-0.2, 0) is 6.42 Å². The molecule has 1 N–H and O–H groups in total. The molecule has 3 heteroatoms. The fraction of sp³-hybridized carbons (Fsp3) is 0.733. The standard InChI is InChI=1S/C15H24N2S/c1-11(9-16-13-3-4-13)10-17-7-5-15-14(12(17)2)6-8-18-15/h6,8,11-13,16H,3-5,7,9-10H2,1-2H3. The lowest BCUT2D eigenvalue weighted by molar-refractivity contribution is 0.172. The lowest BCUT2D eigenvalue weighted by Gasteiger charge is -2.35. The van der Waals surface area contributed by atoms with Gasteiger partial charge in [-0.15, -0.1) is 11.3 Å². The summed E-state index contributed by atoms with van der Waals surface area (Å²) in [6.07, 6.45) is 4.04. The summed E-state index contributed by atoms with van der Waals surface area (Å²) in [5.41, 5.74) is 1.58. The van der Waals surface area contributed by atoms with Crippen LogP contribution in [-0.4, -0.2) is 30.6 Å². The molecular formula is C15H24N2S. The Labute approximate surface area is 114 Å². The second-order valence-corrected chi connectivity index (χ2v) is 7.01. The first-order chi connectivity index (χ1) is 8.74. The molecule has 1 aliphatic heterocycles. The van der Waals surface area contributed by atoms with E-state index in [0.717, 1.165) is 12.0 Å². The average Bonchev–Trinajstić information content (AvgIpc) is 3.06. The van der Waals surface area contributed by atoms with E-state index in [0.29, 0.717) is 6.04 Å². The van der Waals surface area contributed by atoms with Crippen LogP contribution in [0.4, 0.5) is 0 Å². The summed E-state index contributed by atoms with van der Waals surface area (Å²) >= 11 is 1.93. The normalized spacial score (nSPS) is 26.0. The molecule has 3 rings (SSSR count). The van der Waals surface area contributed by atoms with E-state index in [4.69, 9.17) is 0 Å². The highest BCUT2D eigenvalue weighted by Crippen LogP contribution is 2.33. The molecule has 1 aliphatic carbocycles. The van der Waals surface area contributed by atoms with E-state index in [-0.39, 0.29) is 0 Å². The molecule has 2 heterocycles. The molecule has 18 heavy (non-hydrogen) atoms. The van der Waals surface area contributed by atoms with Crippen molar-refractivity contribution in [1.29, 1.82) is 0 Å². The van der Waals surface area contributed by atoms with Gasteiger partial charge in [-0.05, 0) is 55.7 Å². The van der Waals surface area contributed by atoms with E-state index >= 15 is 0 Å². The zero-order chi connectivity index (χ0) is 12.5. The lowest BCUT2D eigenvalue weighted by atomic mass is 10.00. The third-order valence-corrected chi connectivity index (χ3v) is 5.28. The first-order valence-corrected chi connectivity index (χ1v) is 8.15. The van der Waals surface area contributed by atoms with E-state index in [1.54, 1.807) is 10.4 Å². The molecule has 0 bridgehead atoms. The topological polar surface area (TPSA) is 15.3 Å². The van der Waals surface area contributed by atoms with Gasteiger partial charge in [0.2, 0.25) is 0 Å². The molecule has 1 aromatic heterocycles. The van der Waals surface area contributed by atoms with Crippen LogP contribution < -0.4 is 5.32 Å². The summed E-state index contributed by atoms with van der Waals surface area (Å²) in [7, 11) is 0. The van der Waals surface area contributed by atoms with Crippen LogP contribution in [0, 0.1) is 5.92 Å². The van der Waals surface area contributed by atoms with Gasteiger partial charge in [0.05, 0.1) is 0 Å². The van der Waals surface area contributed by atoms with E-state index in [2.05, 4.69) is 35.5 Å². The monoisotopic (exact) mass is 264 g/mol. The molecule has 2 nitrogen and oxygen atoms in total. The van der Waals surface area contributed by atoms with Crippen LogP contribution in [0.2, 0.25) is 0 Å². The van der Waals surface area contributed by atoms with Gasteiger partial charge < -0.3 is 5.32 Å². The molecule has 1 fully saturated rings. The van der Waals surface area contributed by atoms with Gasteiger partial charge in [-0.25, -0.2) is 0 Å². The summed E-state index contributed by atoms with van der Waals surface area (Å²) in [5.74, 6) is 0.758. The van der Waals surface area contributed by atoms with Crippen molar-refractivity contribution in [2.75, 3.05) is 19.6 Å². The van der Waals surface area contributed by atoms with Crippen molar-refractivity contribution in [3.8, 4) is 0 Å². The Kier molecular flexibility index (Phi) is 3.73. The number of fused-ring (bicyclic) bond motifs is 1. The van der Waals surface area contributed by atoms with Crippen molar-refractivity contribution in [3.63, 3.8) is 0 Å². The van der Waals surface area contributed by atoms with Crippen LogP contribution in [0.15, 0.2) is 11.4 Å². The maximum atomic E-state index is 3.65. The Morgan fingerprint density at radius 3 is 3.11 bits per heavy atom. The molecule has 0 amide bonds. The average molecular weight is 264 g/mol. The Hall–Kier alpha value is -0.380. The van der Waals surface area contributed by atoms with Gasteiger partial charge in [-0.1, -0.05) is 6.92 Å². The Bertz CT molecular complexity index is 397. The molecule has 0 radical (unpaired) electrons. The van der Waals surface area contributed by atoms with Crippen molar-refractivity contribution in [3.05, 3.63) is 21.9 Å². The zero-order valence-electron chi connectivity index (χ0n) is 11.5. The van der Waals surface area contributed by atoms with E-state index < -0.39 is 0 Å². The molecule has 1 saturated carbocycles. The van der Waals surface area contributed by atoms with Gasteiger partial charge in [0.25, 0.3) is 0 Å². The second-order valence-electron chi connectivity index (χ2n) is 6.01. The second kappa shape index (κ2) is 5.32. The third kappa shape index (κ3) is 2.79. The molecule has 0 aromatic carbocycles. The first kappa shape index (κ1) is 12.6. The SMILES string of the molecule is CC(CNC1CC1)CN1CCc2sccc2C1C. The fourth-order valence-electron chi connectivity index (χ4n) is 2.93. The molecule has 2 atom stereocenters. The van der Waals surface area contributed by atoms with Crippen LogP contribution in [0.1, 0.15) is 43.2 Å². The van der Waals surface area contributed by atoms with E-state index in [1.165, 1.54) is 38.9 Å². The highest BCUT2D eigenvalue weighted by molar-refractivity contribution is 7.10. The smallest absolute Gasteiger partial charge is 0.0331 e. The molecule has 100 valence electrons. The molecule has 2 unspecified atom stereocenters. The highest BCUT2D eigenvalue weighted by atomic mass is 32.1. The van der Waals surface area contributed by atoms with Crippen molar-refractivity contribution in [2.45, 2.75) is 45.2 Å². The van der Waals surface area contributed by atoms with Gasteiger partial charge in [0.15, 0.2) is 0 Å². The minimum absolute atomic E-state index is 0.614. The van der Waals surface area contributed by atoms with Crippen LogP contribution in [0.5, 0.6) is 0 Å². The van der Waals surface area contributed by atoms with Crippen molar-refractivity contribution in [2.24, 2.45) is 5.92 Å². The van der Waals surface area contributed by atoms with Crippen molar-refractivity contribution < 1.29 is 0 Å². The molecule has 1 aromatic rings. The number of nitrogens with one attached hydrogen (secondary N) is 1. The predicted octanol–water partition coefficient (Wildman–Crippen LogP) is 3.06. The number of thiophene rings is 1. The van der Waals surface area contributed by atoms with Gasteiger partial charge in [0.1, 0.15) is 0 Å². The Morgan fingerprint density at radius 2 is 2.33 bits per heavy atom. The van der Waals surface area contributed by atoms with Crippen molar-refractivity contribution in [1.82, 2.24) is 10.2 Å². The van der Waals surface area contributed by atoms with Gasteiger partial charge in [-0.3, -0.25) is 4.90 Å². The summed E-state index contributed by atoms with van der Waals surface area (Å²) < 4.78 is 0. The third-order valence-electron chi connectivity index (χ3n) is 4.28. The summed E-state index contributed by atoms with van der Waals surface area (Å²) in [6.45, 7) is 8.40. The molecule has 2 aliphatic rings. The number of nitrogens with zero attached hydrogens (tertiary/aromatic N) is 1. The molecular weight excluding hydrogens is 240 g/mol. The Morgan fingerprint density at radius 1 is 1.50 bits per heavy atom. The lowest BCUT2D eigenvalue weighted by Crippen LogP contribution is -2.39. The number of hydrogen-bond acceptors (Lipinski definition) is 3.